The molecule has 0 radical (unpaired) electrons. The number of carbonyl (C=O) groups is 2. The third-order valence-corrected chi connectivity index (χ3v) is 4.77. The molecular weight excluding hydrogens is 386 g/mol. The zero-order valence-electron chi connectivity index (χ0n) is 14.5. The van der Waals surface area contributed by atoms with Crippen LogP contribution in [0.15, 0.2) is 53.9 Å². The van der Waals surface area contributed by atoms with Crippen LogP contribution in [-0.2, 0) is 4.74 Å². The Morgan fingerprint density at radius 2 is 1.78 bits per heavy atom. The van der Waals surface area contributed by atoms with Gasteiger partial charge in [0.15, 0.2) is 18.1 Å². The van der Waals surface area contributed by atoms with Crippen molar-refractivity contribution in [2.24, 2.45) is 0 Å². The van der Waals surface area contributed by atoms with Crippen LogP contribution >= 0.6 is 22.9 Å². The molecule has 0 aliphatic carbocycles. The fraction of sp³-hybridized carbons (Fsp3) is 0.150. The summed E-state index contributed by atoms with van der Waals surface area (Å²) >= 11 is 7.19. The van der Waals surface area contributed by atoms with Crippen molar-refractivity contribution in [1.82, 2.24) is 4.98 Å². The first-order chi connectivity index (χ1) is 13.1. The third kappa shape index (κ3) is 4.93. The minimum atomic E-state index is -0.634. The maximum absolute atomic E-state index is 12.2. The first-order valence-electron chi connectivity index (χ1n) is 8.21. The van der Waals surface area contributed by atoms with Crippen LogP contribution in [0.25, 0.3) is 10.6 Å². The molecule has 0 saturated heterocycles. The van der Waals surface area contributed by atoms with E-state index in [-0.39, 0.29) is 18.1 Å². The van der Waals surface area contributed by atoms with Crippen LogP contribution in [0.1, 0.15) is 27.8 Å². The van der Waals surface area contributed by atoms with Crippen LogP contribution in [0.4, 0.5) is 0 Å². The number of carbonyl (C=O) groups excluding carboxylic acids is 2. The lowest BCUT2D eigenvalue weighted by Crippen LogP contribution is -2.14. The first kappa shape index (κ1) is 19.1. The zero-order valence-corrected chi connectivity index (χ0v) is 16.0. The number of ether oxygens (including phenoxy) is 2. The van der Waals surface area contributed by atoms with E-state index in [0.717, 1.165) is 5.56 Å². The van der Waals surface area contributed by atoms with E-state index >= 15 is 0 Å². The molecule has 0 N–H and O–H groups in total. The van der Waals surface area contributed by atoms with Crippen LogP contribution in [0.5, 0.6) is 5.75 Å². The van der Waals surface area contributed by atoms with E-state index in [9.17, 15) is 9.59 Å². The van der Waals surface area contributed by atoms with Crippen molar-refractivity contribution in [3.63, 3.8) is 0 Å². The summed E-state index contributed by atoms with van der Waals surface area (Å²) < 4.78 is 10.4. The molecule has 0 amide bonds. The van der Waals surface area contributed by atoms with Crippen LogP contribution in [0, 0.1) is 0 Å². The molecule has 27 heavy (non-hydrogen) atoms. The highest BCUT2D eigenvalue weighted by Crippen LogP contribution is 2.25. The standard InChI is InChI=1S/C20H16ClNO4S/c1-2-25-16-9-5-13(6-10-16)18(23)11-26-20(24)17-12-27-19(22-17)14-3-7-15(21)8-4-14/h3-10,12H,2,11H2,1H3. The van der Waals surface area contributed by atoms with Crippen LogP contribution < -0.4 is 4.74 Å². The van der Waals surface area contributed by atoms with Crippen molar-refractivity contribution in [1.29, 1.82) is 0 Å². The van der Waals surface area contributed by atoms with Gasteiger partial charge in [0, 0.05) is 21.5 Å². The Bertz CT molecular complexity index is 935. The Morgan fingerprint density at radius 3 is 2.44 bits per heavy atom. The SMILES string of the molecule is CCOc1ccc(C(=O)COC(=O)c2csc(-c3ccc(Cl)cc3)n2)cc1. The summed E-state index contributed by atoms with van der Waals surface area (Å²) in [7, 11) is 0. The van der Waals surface area contributed by atoms with Crippen LogP contribution in [0.2, 0.25) is 5.02 Å². The fourth-order valence-electron chi connectivity index (χ4n) is 2.28. The van der Waals surface area contributed by atoms with E-state index in [2.05, 4.69) is 4.98 Å². The summed E-state index contributed by atoms with van der Waals surface area (Å²) in [4.78, 5) is 28.6. The molecule has 1 heterocycles. The second-order valence-electron chi connectivity index (χ2n) is 5.50. The van der Waals surface area contributed by atoms with Gasteiger partial charge in [-0.25, -0.2) is 9.78 Å². The van der Waals surface area contributed by atoms with Gasteiger partial charge in [-0.15, -0.1) is 11.3 Å². The van der Waals surface area contributed by atoms with Gasteiger partial charge in [0.25, 0.3) is 0 Å². The molecule has 7 heteroatoms. The topological polar surface area (TPSA) is 65.5 Å². The predicted molar refractivity (Wildman–Crippen MR) is 105 cm³/mol. The smallest absolute Gasteiger partial charge is 0.358 e. The maximum Gasteiger partial charge on any atom is 0.358 e. The predicted octanol–water partition coefficient (Wildman–Crippen LogP) is 4.90. The molecule has 0 aliphatic heterocycles. The first-order valence-corrected chi connectivity index (χ1v) is 9.47. The lowest BCUT2D eigenvalue weighted by Gasteiger charge is -2.05. The number of hydrogen-bond acceptors (Lipinski definition) is 6. The van der Waals surface area contributed by atoms with Gasteiger partial charge < -0.3 is 9.47 Å². The molecule has 1 aromatic heterocycles. The highest BCUT2D eigenvalue weighted by molar-refractivity contribution is 7.13. The minimum Gasteiger partial charge on any atom is -0.494 e. The number of hydrogen-bond donors (Lipinski definition) is 0. The molecule has 0 unspecified atom stereocenters. The van der Waals surface area contributed by atoms with Crippen LogP contribution in [-0.4, -0.2) is 30.0 Å². The van der Waals surface area contributed by atoms with Gasteiger partial charge in [-0.05, 0) is 43.3 Å². The number of rotatable bonds is 7. The molecule has 0 fully saturated rings. The largest absolute Gasteiger partial charge is 0.494 e. The summed E-state index contributed by atoms with van der Waals surface area (Å²) in [5.41, 5.74) is 1.48. The van der Waals surface area contributed by atoms with Crippen LogP contribution in [0.3, 0.4) is 0 Å². The Kier molecular flexibility index (Phi) is 6.21. The highest BCUT2D eigenvalue weighted by atomic mass is 35.5. The summed E-state index contributed by atoms with van der Waals surface area (Å²) in [6.45, 7) is 2.09. The van der Waals surface area contributed by atoms with Crippen molar-refractivity contribution in [2.45, 2.75) is 6.92 Å². The Hall–Kier alpha value is -2.70. The molecule has 3 aromatic rings. The molecule has 0 spiro atoms. The molecule has 0 saturated carbocycles. The normalized spacial score (nSPS) is 10.4. The van der Waals surface area contributed by atoms with Crippen molar-refractivity contribution < 1.29 is 19.1 Å². The quantitative estimate of drug-likeness (QED) is 0.416. The molecule has 138 valence electrons. The van der Waals surface area contributed by atoms with Gasteiger partial charge in [0.05, 0.1) is 6.61 Å². The van der Waals surface area contributed by atoms with E-state index < -0.39 is 5.97 Å². The lowest BCUT2D eigenvalue weighted by molar-refractivity contribution is 0.0470. The maximum atomic E-state index is 12.2. The number of esters is 1. The Balaban J connectivity index is 1.59. The molecule has 0 bridgehead atoms. The van der Waals surface area contributed by atoms with Gasteiger partial charge in [0.1, 0.15) is 10.8 Å². The molecule has 5 nitrogen and oxygen atoms in total. The van der Waals surface area contributed by atoms with E-state index in [1.54, 1.807) is 41.8 Å². The molecular formula is C20H16ClNO4S. The number of Topliss-reactive ketones (excluding diaryl/α,β-unsaturated/α-hetero) is 1. The third-order valence-electron chi connectivity index (χ3n) is 3.63. The summed E-state index contributed by atoms with van der Waals surface area (Å²) in [5.74, 6) is -0.242. The van der Waals surface area contributed by atoms with E-state index in [0.29, 0.717) is 28.0 Å². The fourth-order valence-corrected chi connectivity index (χ4v) is 3.21. The van der Waals surface area contributed by atoms with Gasteiger partial charge >= 0.3 is 5.97 Å². The summed E-state index contributed by atoms with van der Waals surface area (Å²) in [6.07, 6.45) is 0. The van der Waals surface area contributed by atoms with Gasteiger partial charge in [-0.3, -0.25) is 4.79 Å². The highest BCUT2D eigenvalue weighted by Gasteiger charge is 2.16. The molecule has 0 aliphatic rings. The van der Waals surface area contributed by atoms with Crippen molar-refractivity contribution in [2.75, 3.05) is 13.2 Å². The Morgan fingerprint density at radius 1 is 1.07 bits per heavy atom. The van der Waals surface area contributed by atoms with Crippen molar-refractivity contribution >= 4 is 34.7 Å². The number of aromatic nitrogens is 1. The molecule has 3 rings (SSSR count). The Labute approximate surface area is 165 Å². The molecule has 0 atom stereocenters. The van der Waals surface area contributed by atoms with E-state index in [1.807, 2.05) is 19.1 Å². The van der Waals surface area contributed by atoms with Crippen molar-refractivity contribution in [3.8, 4) is 16.3 Å². The zero-order chi connectivity index (χ0) is 19.2. The number of benzene rings is 2. The minimum absolute atomic E-state index is 0.171. The van der Waals surface area contributed by atoms with E-state index in [1.165, 1.54) is 11.3 Å². The van der Waals surface area contributed by atoms with Gasteiger partial charge in [0.2, 0.25) is 0 Å². The summed E-state index contributed by atoms with van der Waals surface area (Å²) in [5, 5.41) is 2.91. The average Bonchev–Trinajstić information content (AvgIpc) is 3.17. The second-order valence-corrected chi connectivity index (χ2v) is 6.80. The van der Waals surface area contributed by atoms with Crippen molar-refractivity contribution in [3.05, 3.63) is 70.2 Å². The lowest BCUT2D eigenvalue weighted by atomic mass is 10.1. The number of thiazole rings is 1. The second kappa shape index (κ2) is 8.79. The average molecular weight is 402 g/mol. The monoisotopic (exact) mass is 401 g/mol. The number of nitrogens with zero attached hydrogens (tertiary/aromatic N) is 1. The number of ketones is 1. The van der Waals surface area contributed by atoms with E-state index in [4.69, 9.17) is 21.1 Å². The number of halogens is 1. The van der Waals surface area contributed by atoms with Gasteiger partial charge in [-0.1, -0.05) is 23.7 Å². The summed E-state index contributed by atoms with van der Waals surface area (Å²) in [6, 6.07) is 13.9. The van der Waals surface area contributed by atoms with Gasteiger partial charge in [-0.2, -0.15) is 0 Å². The molecule has 2 aromatic carbocycles.